The minimum Gasteiger partial charge on any atom is -0.497 e. The standard InChI is InChI=1S/C15H13N3O3S2/c1-21-10-4-2-9(3-5-10)16-12(19)8-23-15-17-13(20)11-6-7-22-14(11)18-15/h2-7H,8H2,1H3,(H,16,19)(H,17,18,20). The van der Waals surface area contributed by atoms with Gasteiger partial charge in [-0.15, -0.1) is 11.3 Å². The van der Waals surface area contributed by atoms with Gasteiger partial charge in [-0.25, -0.2) is 4.98 Å². The molecule has 0 unspecified atom stereocenters. The number of aromatic amines is 1. The van der Waals surface area contributed by atoms with Gasteiger partial charge in [0.1, 0.15) is 10.6 Å². The maximum atomic E-state index is 12.0. The number of ether oxygens (including phenoxy) is 1. The first-order chi connectivity index (χ1) is 11.2. The number of methoxy groups -OCH3 is 1. The Labute approximate surface area is 139 Å². The van der Waals surface area contributed by atoms with E-state index < -0.39 is 0 Å². The van der Waals surface area contributed by atoms with Crippen LogP contribution in [0.4, 0.5) is 5.69 Å². The number of carbonyl (C=O) groups excluding carboxylic acids is 1. The van der Waals surface area contributed by atoms with Gasteiger partial charge < -0.3 is 15.0 Å². The van der Waals surface area contributed by atoms with E-state index in [0.29, 0.717) is 21.1 Å². The fraction of sp³-hybridized carbons (Fsp3) is 0.133. The van der Waals surface area contributed by atoms with E-state index in [9.17, 15) is 9.59 Å². The summed E-state index contributed by atoms with van der Waals surface area (Å²) in [5.74, 6) is 0.712. The average Bonchev–Trinajstić information content (AvgIpc) is 3.03. The van der Waals surface area contributed by atoms with Gasteiger partial charge in [0.15, 0.2) is 5.16 Å². The lowest BCUT2D eigenvalue weighted by atomic mass is 10.3. The van der Waals surface area contributed by atoms with Crippen molar-refractivity contribution >= 4 is 44.9 Å². The summed E-state index contributed by atoms with van der Waals surface area (Å²) in [6, 6.07) is 8.80. The monoisotopic (exact) mass is 347 g/mol. The zero-order chi connectivity index (χ0) is 16.2. The van der Waals surface area contributed by atoms with Gasteiger partial charge in [-0.1, -0.05) is 11.8 Å². The zero-order valence-electron chi connectivity index (χ0n) is 12.2. The predicted molar refractivity (Wildman–Crippen MR) is 92.6 cm³/mol. The van der Waals surface area contributed by atoms with Crippen molar-refractivity contribution in [1.29, 1.82) is 0 Å². The number of amides is 1. The second-order valence-corrected chi connectivity index (χ2v) is 6.43. The van der Waals surface area contributed by atoms with Crippen molar-refractivity contribution in [3.8, 4) is 5.75 Å². The first-order valence-corrected chi connectivity index (χ1v) is 8.56. The van der Waals surface area contributed by atoms with Crippen LogP contribution < -0.4 is 15.6 Å². The lowest BCUT2D eigenvalue weighted by Crippen LogP contribution is -2.15. The molecule has 1 amide bonds. The molecule has 0 aliphatic rings. The number of fused-ring (bicyclic) bond motifs is 1. The van der Waals surface area contributed by atoms with E-state index in [1.807, 2.05) is 5.38 Å². The Morgan fingerprint density at radius 2 is 2.13 bits per heavy atom. The van der Waals surface area contributed by atoms with Crippen LogP contribution in [0.25, 0.3) is 10.2 Å². The SMILES string of the molecule is COc1ccc(NC(=O)CSc2nc3sccc3c(=O)[nH]2)cc1. The third kappa shape index (κ3) is 3.72. The number of rotatable bonds is 5. The van der Waals surface area contributed by atoms with E-state index in [2.05, 4.69) is 15.3 Å². The molecule has 3 rings (SSSR count). The van der Waals surface area contributed by atoms with Crippen LogP contribution >= 0.6 is 23.1 Å². The van der Waals surface area contributed by atoms with Crippen LogP contribution in [-0.4, -0.2) is 28.7 Å². The molecular weight excluding hydrogens is 334 g/mol. The van der Waals surface area contributed by atoms with Gasteiger partial charge in [-0.05, 0) is 35.7 Å². The van der Waals surface area contributed by atoms with E-state index in [0.717, 1.165) is 5.75 Å². The highest BCUT2D eigenvalue weighted by molar-refractivity contribution is 7.99. The zero-order valence-corrected chi connectivity index (χ0v) is 13.8. The van der Waals surface area contributed by atoms with Gasteiger partial charge in [0, 0.05) is 5.69 Å². The van der Waals surface area contributed by atoms with Gasteiger partial charge in [-0.2, -0.15) is 0 Å². The molecule has 0 aliphatic heterocycles. The summed E-state index contributed by atoms with van der Waals surface area (Å²) in [4.78, 5) is 31.5. The molecule has 0 saturated heterocycles. The van der Waals surface area contributed by atoms with Gasteiger partial charge in [0.05, 0.1) is 18.2 Å². The van der Waals surface area contributed by atoms with Crippen molar-refractivity contribution in [2.75, 3.05) is 18.2 Å². The lowest BCUT2D eigenvalue weighted by Gasteiger charge is -2.06. The molecule has 0 saturated carbocycles. The number of anilines is 1. The Kier molecular flexibility index (Phi) is 4.63. The van der Waals surface area contributed by atoms with Gasteiger partial charge in [0.25, 0.3) is 5.56 Å². The highest BCUT2D eigenvalue weighted by Gasteiger charge is 2.08. The largest absolute Gasteiger partial charge is 0.497 e. The van der Waals surface area contributed by atoms with Crippen LogP contribution in [0.1, 0.15) is 0 Å². The molecule has 0 aliphatic carbocycles. The van der Waals surface area contributed by atoms with Crippen LogP contribution in [0, 0.1) is 0 Å². The molecule has 2 aromatic heterocycles. The smallest absolute Gasteiger partial charge is 0.260 e. The van der Waals surface area contributed by atoms with E-state index in [1.54, 1.807) is 37.4 Å². The van der Waals surface area contributed by atoms with Crippen LogP contribution in [-0.2, 0) is 4.79 Å². The molecule has 118 valence electrons. The quantitative estimate of drug-likeness (QED) is 0.548. The van der Waals surface area contributed by atoms with E-state index >= 15 is 0 Å². The van der Waals surface area contributed by atoms with Crippen molar-refractivity contribution in [2.45, 2.75) is 5.16 Å². The molecule has 0 fully saturated rings. The van der Waals surface area contributed by atoms with Gasteiger partial charge in [-0.3, -0.25) is 9.59 Å². The number of thioether (sulfide) groups is 1. The number of H-pyrrole nitrogens is 1. The van der Waals surface area contributed by atoms with Crippen LogP contribution in [0.5, 0.6) is 5.75 Å². The van der Waals surface area contributed by atoms with E-state index in [4.69, 9.17) is 4.74 Å². The molecule has 0 radical (unpaired) electrons. The molecule has 0 spiro atoms. The fourth-order valence-electron chi connectivity index (χ4n) is 1.92. The summed E-state index contributed by atoms with van der Waals surface area (Å²) in [5, 5.41) is 5.61. The summed E-state index contributed by atoms with van der Waals surface area (Å²) in [7, 11) is 1.59. The summed E-state index contributed by atoms with van der Waals surface area (Å²) < 4.78 is 5.06. The normalized spacial score (nSPS) is 10.7. The summed E-state index contributed by atoms with van der Waals surface area (Å²) in [6.07, 6.45) is 0. The van der Waals surface area contributed by atoms with Crippen LogP contribution in [0.3, 0.4) is 0 Å². The summed E-state index contributed by atoms with van der Waals surface area (Å²) >= 11 is 2.59. The number of nitrogens with zero attached hydrogens (tertiary/aromatic N) is 1. The number of hydrogen-bond acceptors (Lipinski definition) is 6. The highest BCUT2D eigenvalue weighted by atomic mass is 32.2. The molecule has 0 atom stereocenters. The van der Waals surface area contributed by atoms with Crippen molar-refractivity contribution in [3.63, 3.8) is 0 Å². The maximum Gasteiger partial charge on any atom is 0.260 e. The maximum absolute atomic E-state index is 12.0. The number of nitrogens with one attached hydrogen (secondary N) is 2. The topological polar surface area (TPSA) is 84.1 Å². The number of thiophene rings is 1. The molecule has 2 heterocycles. The molecule has 6 nitrogen and oxygen atoms in total. The van der Waals surface area contributed by atoms with E-state index in [-0.39, 0.29) is 17.2 Å². The third-order valence-corrected chi connectivity index (χ3v) is 4.71. The average molecular weight is 347 g/mol. The van der Waals surface area contributed by atoms with E-state index in [1.165, 1.54) is 23.1 Å². The second-order valence-electron chi connectivity index (χ2n) is 4.58. The molecular formula is C15H13N3O3S2. The van der Waals surface area contributed by atoms with Crippen molar-refractivity contribution < 1.29 is 9.53 Å². The molecule has 0 bridgehead atoms. The van der Waals surface area contributed by atoms with Gasteiger partial charge >= 0.3 is 0 Å². The Balaban J connectivity index is 1.62. The third-order valence-electron chi connectivity index (χ3n) is 3.03. The van der Waals surface area contributed by atoms with Crippen molar-refractivity contribution in [1.82, 2.24) is 9.97 Å². The van der Waals surface area contributed by atoms with Crippen LogP contribution in [0.15, 0.2) is 45.7 Å². The van der Waals surface area contributed by atoms with Gasteiger partial charge in [0.2, 0.25) is 5.91 Å². The number of benzene rings is 1. The Morgan fingerprint density at radius 3 is 2.87 bits per heavy atom. The second kappa shape index (κ2) is 6.84. The number of carbonyl (C=O) groups is 1. The minimum atomic E-state index is -0.186. The Bertz CT molecular complexity index is 887. The Hall–Kier alpha value is -2.32. The fourth-order valence-corrected chi connectivity index (χ4v) is 3.40. The van der Waals surface area contributed by atoms with Crippen molar-refractivity contribution in [2.24, 2.45) is 0 Å². The lowest BCUT2D eigenvalue weighted by molar-refractivity contribution is -0.113. The Morgan fingerprint density at radius 1 is 1.35 bits per heavy atom. The van der Waals surface area contributed by atoms with Crippen LogP contribution in [0.2, 0.25) is 0 Å². The molecule has 1 aromatic carbocycles. The minimum absolute atomic E-state index is 0.159. The molecule has 2 N–H and O–H groups in total. The number of hydrogen-bond donors (Lipinski definition) is 2. The molecule has 3 aromatic rings. The summed E-state index contributed by atoms with van der Waals surface area (Å²) in [6.45, 7) is 0. The summed E-state index contributed by atoms with van der Waals surface area (Å²) in [5.41, 5.74) is 0.501. The number of aromatic nitrogens is 2. The molecule has 23 heavy (non-hydrogen) atoms. The highest BCUT2D eigenvalue weighted by Crippen LogP contribution is 2.19. The molecule has 8 heteroatoms. The first-order valence-electron chi connectivity index (χ1n) is 6.70. The predicted octanol–water partition coefficient (Wildman–Crippen LogP) is 2.72. The van der Waals surface area contributed by atoms with Crippen molar-refractivity contribution in [3.05, 3.63) is 46.1 Å². The first kappa shape index (κ1) is 15.6.